The van der Waals surface area contributed by atoms with Crippen LogP contribution in [-0.2, 0) is 11.2 Å². The van der Waals surface area contributed by atoms with Crippen LogP contribution in [0.4, 0.5) is 0 Å². The molecule has 3 rings (SSSR count). The van der Waals surface area contributed by atoms with Gasteiger partial charge in [-0.3, -0.25) is 9.59 Å². The summed E-state index contributed by atoms with van der Waals surface area (Å²) in [7, 11) is 0. The molecule has 0 aromatic carbocycles. The lowest BCUT2D eigenvalue weighted by Gasteiger charge is -2.11. The molecule has 1 saturated carbocycles. The third-order valence-corrected chi connectivity index (χ3v) is 4.53. The van der Waals surface area contributed by atoms with Gasteiger partial charge < -0.3 is 15.5 Å². The van der Waals surface area contributed by atoms with Gasteiger partial charge in [-0.05, 0) is 18.8 Å². The Morgan fingerprint density at radius 2 is 2.12 bits per heavy atom. The number of aryl methyl sites for hydroxylation is 1. The number of carbonyl (C=O) groups is 2. The van der Waals surface area contributed by atoms with Gasteiger partial charge in [0, 0.05) is 0 Å². The van der Waals surface area contributed by atoms with Gasteiger partial charge in [0.1, 0.15) is 12.9 Å². The van der Waals surface area contributed by atoms with Crippen LogP contribution in [-0.4, -0.2) is 43.2 Å². The SMILES string of the molecule is O=C(O)CNC(=O)c1c([OH2+])cc(CCC2CCCC2)n2ncnc12. The quantitative estimate of drug-likeness (QED) is 0.767. The number of amides is 1. The Bertz CT molecular complexity index is 765. The highest BCUT2D eigenvalue weighted by molar-refractivity contribution is 6.03. The van der Waals surface area contributed by atoms with E-state index in [0.29, 0.717) is 5.65 Å². The average Bonchev–Trinajstić information content (AvgIpc) is 3.21. The fraction of sp³-hybridized carbons (Fsp3) is 0.500. The van der Waals surface area contributed by atoms with Crippen molar-refractivity contribution in [2.75, 3.05) is 6.54 Å². The third-order valence-electron chi connectivity index (χ3n) is 4.53. The van der Waals surface area contributed by atoms with Gasteiger partial charge in [0.2, 0.25) is 0 Å². The molecule has 1 aliphatic rings. The standard InChI is InChI=1S/C16H20N4O4/c21-12-7-11(6-5-10-3-1-2-4-10)20-15(18-9-19-20)14(12)16(24)17-8-13(22)23/h7,9-10,21H,1-6,8H2,(H,17,24)(H,22,23)/p+1. The number of aliphatic carboxylic acids is 1. The first-order valence-electron chi connectivity index (χ1n) is 8.13. The Balaban J connectivity index is 1.85. The maximum Gasteiger partial charge on any atom is 0.322 e. The first-order valence-corrected chi connectivity index (χ1v) is 8.13. The number of nitrogens with zero attached hydrogens (tertiary/aromatic N) is 3. The Morgan fingerprint density at radius 3 is 2.83 bits per heavy atom. The number of pyridine rings is 1. The first-order chi connectivity index (χ1) is 11.6. The number of hydrogen-bond acceptors (Lipinski definition) is 4. The van der Waals surface area contributed by atoms with E-state index in [4.69, 9.17) is 10.2 Å². The van der Waals surface area contributed by atoms with Crippen molar-refractivity contribution in [2.45, 2.75) is 38.5 Å². The van der Waals surface area contributed by atoms with Gasteiger partial charge in [0.05, 0.1) is 11.8 Å². The number of rotatable bonds is 6. The van der Waals surface area contributed by atoms with Gasteiger partial charge in [0.25, 0.3) is 11.7 Å². The molecule has 8 heteroatoms. The Labute approximate surface area is 138 Å². The van der Waals surface area contributed by atoms with E-state index in [1.807, 2.05) is 0 Å². The normalized spacial score (nSPS) is 15.0. The van der Waals surface area contributed by atoms with Gasteiger partial charge >= 0.3 is 5.97 Å². The third kappa shape index (κ3) is 3.32. The number of carboxylic acid groups (broad SMARTS) is 1. The van der Waals surface area contributed by atoms with Crippen LogP contribution in [0.2, 0.25) is 0 Å². The highest BCUT2D eigenvalue weighted by atomic mass is 16.4. The molecule has 2 aromatic rings. The van der Waals surface area contributed by atoms with Crippen molar-refractivity contribution in [3.63, 3.8) is 0 Å². The highest BCUT2D eigenvalue weighted by Gasteiger charge is 2.24. The molecule has 2 aromatic heterocycles. The van der Waals surface area contributed by atoms with Crippen molar-refractivity contribution in [1.29, 1.82) is 0 Å². The van der Waals surface area contributed by atoms with E-state index in [-0.39, 0.29) is 11.3 Å². The summed E-state index contributed by atoms with van der Waals surface area (Å²) >= 11 is 0. The fourth-order valence-corrected chi connectivity index (χ4v) is 3.34. The molecular formula is C16H21N4O4+. The van der Waals surface area contributed by atoms with E-state index in [1.165, 1.54) is 32.0 Å². The second-order valence-electron chi connectivity index (χ2n) is 6.19. The summed E-state index contributed by atoms with van der Waals surface area (Å²) in [6.45, 7) is -0.498. The van der Waals surface area contributed by atoms with E-state index >= 15 is 0 Å². The van der Waals surface area contributed by atoms with E-state index in [9.17, 15) is 9.59 Å². The number of hydrogen-bond donors (Lipinski definition) is 2. The predicted octanol–water partition coefficient (Wildman–Crippen LogP) is 1.10. The monoisotopic (exact) mass is 333 g/mol. The van der Waals surface area contributed by atoms with Gasteiger partial charge in [0.15, 0.2) is 11.2 Å². The summed E-state index contributed by atoms with van der Waals surface area (Å²) in [5.74, 6) is -1.00. The molecule has 24 heavy (non-hydrogen) atoms. The van der Waals surface area contributed by atoms with Crippen LogP contribution in [0, 0.1) is 5.92 Å². The van der Waals surface area contributed by atoms with Gasteiger partial charge in [-0.2, -0.15) is 5.10 Å². The van der Waals surface area contributed by atoms with Crippen LogP contribution < -0.4 is 5.32 Å². The number of carboxylic acids is 1. The zero-order valence-electron chi connectivity index (χ0n) is 13.3. The summed E-state index contributed by atoms with van der Waals surface area (Å²) in [6.07, 6.45) is 8.26. The molecule has 0 saturated heterocycles. The largest absolute Gasteiger partial charge is 0.593 e. The number of aromatic nitrogens is 3. The number of nitrogens with one attached hydrogen (secondary N) is 1. The molecule has 4 N–H and O–H groups in total. The van der Waals surface area contributed by atoms with E-state index in [0.717, 1.165) is 24.5 Å². The molecule has 8 nitrogen and oxygen atoms in total. The zero-order valence-corrected chi connectivity index (χ0v) is 13.3. The Kier molecular flexibility index (Phi) is 4.64. The van der Waals surface area contributed by atoms with Crippen LogP contribution in [0.25, 0.3) is 5.65 Å². The summed E-state index contributed by atoms with van der Waals surface area (Å²) in [5, 5.41) is 23.3. The molecule has 2 heterocycles. The predicted molar refractivity (Wildman–Crippen MR) is 86.3 cm³/mol. The van der Waals surface area contributed by atoms with E-state index in [1.54, 1.807) is 10.6 Å². The van der Waals surface area contributed by atoms with Gasteiger partial charge in [-0.15, -0.1) is 0 Å². The first kappa shape index (κ1) is 16.2. The molecule has 0 atom stereocenters. The van der Waals surface area contributed by atoms with Crippen molar-refractivity contribution in [2.24, 2.45) is 5.92 Å². The van der Waals surface area contributed by atoms with Crippen LogP contribution in [0.1, 0.15) is 48.2 Å². The van der Waals surface area contributed by atoms with Crippen LogP contribution in [0.15, 0.2) is 12.4 Å². The van der Waals surface area contributed by atoms with Crippen LogP contribution in [0.5, 0.6) is 5.75 Å². The number of fused-ring (bicyclic) bond motifs is 1. The topological polar surface area (TPSA) is 119 Å². The smallest absolute Gasteiger partial charge is 0.322 e. The second kappa shape index (κ2) is 6.86. The lowest BCUT2D eigenvalue weighted by molar-refractivity contribution is -0.135. The molecule has 1 aliphatic carbocycles. The summed E-state index contributed by atoms with van der Waals surface area (Å²) < 4.78 is 1.59. The minimum absolute atomic E-state index is 0.0415. The van der Waals surface area contributed by atoms with Crippen LogP contribution >= 0.6 is 0 Å². The molecular weight excluding hydrogens is 312 g/mol. The second-order valence-corrected chi connectivity index (χ2v) is 6.19. The maximum absolute atomic E-state index is 12.2. The van der Waals surface area contributed by atoms with Gasteiger partial charge in [-0.25, -0.2) is 9.50 Å². The molecule has 0 spiro atoms. The minimum Gasteiger partial charge on any atom is -0.593 e. The van der Waals surface area contributed by atoms with Gasteiger partial charge in [-0.1, -0.05) is 25.7 Å². The Hall–Kier alpha value is -2.64. The summed E-state index contributed by atoms with van der Waals surface area (Å²) in [6, 6.07) is 1.63. The highest BCUT2D eigenvalue weighted by Crippen LogP contribution is 2.30. The minimum atomic E-state index is -1.14. The molecule has 1 fully saturated rings. The Morgan fingerprint density at radius 1 is 1.38 bits per heavy atom. The molecule has 1 amide bonds. The van der Waals surface area contributed by atoms with Crippen molar-refractivity contribution >= 4 is 17.5 Å². The molecule has 0 unspecified atom stereocenters. The van der Waals surface area contributed by atoms with Crippen molar-refractivity contribution < 1.29 is 19.8 Å². The van der Waals surface area contributed by atoms with Crippen LogP contribution in [0.3, 0.4) is 0 Å². The van der Waals surface area contributed by atoms with Crippen molar-refractivity contribution in [3.05, 3.63) is 23.7 Å². The average molecular weight is 333 g/mol. The summed E-state index contributed by atoms with van der Waals surface area (Å²) in [5.41, 5.74) is 1.21. The molecule has 0 radical (unpaired) electrons. The zero-order chi connectivity index (χ0) is 17.1. The number of carbonyl (C=O) groups excluding carboxylic acids is 1. The molecule has 0 aliphatic heterocycles. The molecule has 128 valence electrons. The van der Waals surface area contributed by atoms with Crippen molar-refractivity contribution in [3.8, 4) is 5.75 Å². The lowest BCUT2D eigenvalue weighted by Crippen LogP contribution is -2.30. The van der Waals surface area contributed by atoms with Crippen molar-refractivity contribution in [1.82, 2.24) is 19.9 Å². The van der Waals surface area contributed by atoms with E-state index < -0.39 is 18.4 Å². The fourth-order valence-electron chi connectivity index (χ4n) is 3.34. The summed E-state index contributed by atoms with van der Waals surface area (Å²) in [4.78, 5) is 26.9. The lowest BCUT2D eigenvalue weighted by atomic mass is 10.00. The maximum atomic E-state index is 12.2. The van der Waals surface area contributed by atoms with E-state index in [2.05, 4.69) is 15.4 Å². The molecule has 0 bridgehead atoms.